The molecule has 44 heavy (non-hydrogen) atoms. The van der Waals surface area contributed by atoms with E-state index >= 15 is 0 Å². The molecule has 2 heterocycles. The predicted molar refractivity (Wildman–Crippen MR) is 162 cm³/mol. The van der Waals surface area contributed by atoms with Crippen molar-refractivity contribution in [2.75, 3.05) is 145 Å². The number of carbonyl (C=O) groups is 2. The van der Waals surface area contributed by atoms with Crippen LogP contribution in [0.1, 0.15) is 33.6 Å². The standard InChI is InChI=1S/C17H33NO6.C13H25NO6/c1-17(2,3)24-16(19)4-8-20-12-14-23-15-13-22-11-7-18-5-9-21-10-6-18;15-13(16)1-5-17-9-11-20-12-10-19-8-4-14-2-6-18-7-3-14/h4-15H2,1-3H3;1-12H2,(H,15,16). The number of esters is 1. The van der Waals surface area contributed by atoms with E-state index in [1.807, 2.05) is 20.8 Å². The fourth-order valence-corrected chi connectivity index (χ4v) is 3.83. The van der Waals surface area contributed by atoms with Crippen LogP contribution in [0.25, 0.3) is 0 Å². The lowest BCUT2D eigenvalue weighted by Crippen LogP contribution is -2.38. The highest BCUT2D eigenvalue weighted by molar-refractivity contribution is 5.69. The lowest BCUT2D eigenvalue weighted by Gasteiger charge is -2.26. The van der Waals surface area contributed by atoms with Crippen molar-refractivity contribution >= 4 is 11.9 Å². The third kappa shape index (κ3) is 28.0. The van der Waals surface area contributed by atoms with Crippen LogP contribution in [0.5, 0.6) is 0 Å². The summed E-state index contributed by atoms with van der Waals surface area (Å²) in [4.78, 5) is 26.3. The molecule has 0 saturated carbocycles. The number of hydrogen-bond donors (Lipinski definition) is 1. The number of aliphatic carboxylic acids is 1. The summed E-state index contributed by atoms with van der Waals surface area (Å²) in [5.74, 6) is -1.09. The highest BCUT2D eigenvalue weighted by atomic mass is 16.6. The van der Waals surface area contributed by atoms with Gasteiger partial charge >= 0.3 is 11.9 Å². The SMILES string of the molecule is CC(C)(C)OC(=O)CCOCCOCCOCCN1CCOCC1.O=C(O)CCOCCOCCOCCN1CCOCC1. The summed E-state index contributed by atoms with van der Waals surface area (Å²) < 4.78 is 47.9. The fraction of sp³-hybridized carbons (Fsp3) is 0.933. The molecular weight excluding hydrogens is 580 g/mol. The third-order valence-corrected chi connectivity index (χ3v) is 6.13. The summed E-state index contributed by atoms with van der Waals surface area (Å²) in [6.45, 7) is 20.7. The van der Waals surface area contributed by atoms with Crippen molar-refractivity contribution in [3.63, 3.8) is 0 Å². The van der Waals surface area contributed by atoms with Crippen LogP contribution in [0.3, 0.4) is 0 Å². The van der Waals surface area contributed by atoms with Gasteiger partial charge in [0.25, 0.3) is 0 Å². The van der Waals surface area contributed by atoms with Gasteiger partial charge in [0, 0.05) is 39.3 Å². The van der Waals surface area contributed by atoms with Crippen LogP contribution >= 0.6 is 0 Å². The number of nitrogens with zero attached hydrogens (tertiary/aromatic N) is 2. The minimum Gasteiger partial charge on any atom is -0.481 e. The second-order valence-electron chi connectivity index (χ2n) is 11.1. The normalized spacial score (nSPS) is 16.3. The van der Waals surface area contributed by atoms with Crippen LogP contribution in [0.2, 0.25) is 0 Å². The van der Waals surface area contributed by atoms with Gasteiger partial charge in [0.05, 0.1) is 119 Å². The molecule has 2 fully saturated rings. The van der Waals surface area contributed by atoms with Crippen LogP contribution in [0.15, 0.2) is 0 Å². The Morgan fingerprint density at radius 1 is 0.568 bits per heavy atom. The molecule has 14 nitrogen and oxygen atoms in total. The van der Waals surface area contributed by atoms with Gasteiger partial charge in [-0.3, -0.25) is 19.4 Å². The average molecular weight is 639 g/mol. The van der Waals surface area contributed by atoms with Crippen molar-refractivity contribution in [1.82, 2.24) is 9.80 Å². The van der Waals surface area contributed by atoms with Gasteiger partial charge in [-0.15, -0.1) is 0 Å². The van der Waals surface area contributed by atoms with Crippen LogP contribution < -0.4 is 0 Å². The summed E-state index contributed by atoms with van der Waals surface area (Å²) >= 11 is 0. The van der Waals surface area contributed by atoms with Crippen molar-refractivity contribution < 1.29 is 57.3 Å². The number of carboxylic acids is 1. The Bertz CT molecular complexity index is 683. The first-order valence-electron chi connectivity index (χ1n) is 15.8. The van der Waals surface area contributed by atoms with Gasteiger partial charge < -0.3 is 47.7 Å². The first-order chi connectivity index (χ1) is 21.3. The zero-order valence-corrected chi connectivity index (χ0v) is 27.3. The van der Waals surface area contributed by atoms with Crippen molar-refractivity contribution in [2.45, 2.75) is 39.2 Å². The molecule has 0 aromatic rings. The van der Waals surface area contributed by atoms with Gasteiger partial charge in [0.15, 0.2) is 0 Å². The highest BCUT2D eigenvalue weighted by Gasteiger charge is 2.15. The molecule has 0 aromatic heterocycles. The molecule has 2 saturated heterocycles. The van der Waals surface area contributed by atoms with Crippen LogP contribution in [0, 0.1) is 0 Å². The maximum Gasteiger partial charge on any atom is 0.308 e. The van der Waals surface area contributed by atoms with E-state index in [1.165, 1.54) is 0 Å². The van der Waals surface area contributed by atoms with Gasteiger partial charge in [-0.1, -0.05) is 0 Å². The first kappa shape index (κ1) is 40.6. The lowest BCUT2D eigenvalue weighted by atomic mass is 10.2. The molecule has 2 rings (SSSR count). The molecule has 0 aromatic carbocycles. The van der Waals surface area contributed by atoms with Crippen molar-refractivity contribution in [3.8, 4) is 0 Å². The Morgan fingerprint density at radius 2 is 0.909 bits per heavy atom. The quantitative estimate of drug-likeness (QED) is 0.118. The Labute approximate surface area is 263 Å². The van der Waals surface area contributed by atoms with Crippen LogP contribution in [-0.4, -0.2) is 177 Å². The predicted octanol–water partition coefficient (Wildman–Crippen LogP) is 0.943. The van der Waals surface area contributed by atoms with E-state index in [0.29, 0.717) is 66.1 Å². The van der Waals surface area contributed by atoms with Gasteiger partial charge in [0.1, 0.15) is 5.60 Å². The maximum atomic E-state index is 11.4. The summed E-state index contributed by atoms with van der Waals surface area (Å²) in [6.07, 6.45) is 0.298. The van der Waals surface area contributed by atoms with Crippen LogP contribution in [0.4, 0.5) is 0 Å². The van der Waals surface area contributed by atoms with Crippen molar-refractivity contribution in [3.05, 3.63) is 0 Å². The number of rotatable bonds is 24. The molecule has 0 radical (unpaired) electrons. The molecular formula is C30H58N2O12. The average Bonchev–Trinajstić information content (AvgIpc) is 2.99. The summed E-state index contributed by atoms with van der Waals surface area (Å²) in [5.41, 5.74) is -0.442. The summed E-state index contributed by atoms with van der Waals surface area (Å²) in [7, 11) is 0. The summed E-state index contributed by atoms with van der Waals surface area (Å²) in [6, 6.07) is 0. The van der Waals surface area contributed by atoms with E-state index in [-0.39, 0.29) is 25.4 Å². The zero-order chi connectivity index (χ0) is 32.1. The van der Waals surface area contributed by atoms with E-state index in [2.05, 4.69) is 9.80 Å². The van der Waals surface area contributed by atoms with Crippen molar-refractivity contribution in [2.24, 2.45) is 0 Å². The van der Waals surface area contributed by atoms with E-state index in [0.717, 1.165) is 72.3 Å². The van der Waals surface area contributed by atoms with Gasteiger partial charge in [-0.25, -0.2) is 0 Å². The largest absolute Gasteiger partial charge is 0.481 e. The molecule has 0 spiro atoms. The minimum atomic E-state index is -0.848. The number of carbonyl (C=O) groups excluding carboxylic acids is 1. The smallest absolute Gasteiger partial charge is 0.308 e. The molecule has 1 N–H and O–H groups in total. The Morgan fingerprint density at radius 3 is 1.27 bits per heavy atom. The second-order valence-corrected chi connectivity index (χ2v) is 11.1. The monoisotopic (exact) mass is 638 g/mol. The van der Waals surface area contributed by atoms with Gasteiger partial charge in [0.2, 0.25) is 0 Å². The Hall–Kier alpha value is -1.46. The Balaban J connectivity index is 0.000000447. The van der Waals surface area contributed by atoms with E-state index in [9.17, 15) is 9.59 Å². The fourth-order valence-electron chi connectivity index (χ4n) is 3.83. The molecule has 2 aliphatic heterocycles. The summed E-state index contributed by atoms with van der Waals surface area (Å²) in [5, 5.41) is 8.39. The minimum absolute atomic E-state index is 0.0324. The number of hydrogen-bond acceptors (Lipinski definition) is 13. The number of carboxylic acid groups (broad SMARTS) is 1. The maximum absolute atomic E-state index is 11.4. The molecule has 14 heteroatoms. The second kappa shape index (κ2) is 27.8. The van der Waals surface area contributed by atoms with Crippen molar-refractivity contribution in [1.29, 1.82) is 0 Å². The van der Waals surface area contributed by atoms with E-state index in [1.54, 1.807) is 0 Å². The highest BCUT2D eigenvalue weighted by Crippen LogP contribution is 2.08. The molecule has 0 amide bonds. The number of ether oxygens (including phenoxy) is 9. The molecule has 260 valence electrons. The van der Waals surface area contributed by atoms with Gasteiger partial charge in [-0.05, 0) is 20.8 Å². The molecule has 2 aliphatic rings. The molecule has 0 atom stereocenters. The molecule has 0 aliphatic carbocycles. The Kier molecular flexibility index (Phi) is 25.6. The van der Waals surface area contributed by atoms with E-state index in [4.69, 9.17) is 47.7 Å². The molecule has 0 bridgehead atoms. The zero-order valence-electron chi connectivity index (χ0n) is 27.3. The molecule has 0 unspecified atom stereocenters. The first-order valence-corrected chi connectivity index (χ1v) is 15.8. The van der Waals surface area contributed by atoms with E-state index < -0.39 is 11.6 Å². The lowest BCUT2D eigenvalue weighted by molar-refractivity contribution is -0.156. The topological polar surface area (TPSA) is 144 Å². The van der Waals surface area contributed by atoms with Gasteiger partial charge in [-0.2, -0.15) is 0 Å². The number of morpholine rings is 2. The van der Waals surface area contributed by atoms with Crippen LogP contribution in [-0.2, 0) is 52.2 Å². The third-order valence-electron chi connectivity index (χ3n) is 6.13.